The summed E-state index contributed by atoms with van der Waals surface area (Å²) in [6.07, 6.45) is 2.68. The number of carbonyl (C=O) groups is 1. The van der Waals surface area contributed by atoms with Crippen molar-refractivity contribution in [1.29, 1.82) is 0 Å². The highest BCUT2D eigenvalue weighted by Crippen LogP contribution is 2.38. The summed E-state index contributed by atoms with van der Waals surface area (Å²) in [5.41, 5.74) is 6.62. The number of hydrogen-bond donors (Lipinski definition) is 2. The number of sulfonamides is 1. The number of carbonyl (C=O) groups excluding carboxylic acids is 1. The highest BCUT2D eigenvalue weighted by molar-refractivity contribution is 7.90. The number of ether oxygens (including phenoxy) is 1. The number of rotatable bonds is 9. The summed E-state index contributed by atoms with van der Waals surface area (Å²) >= 11 is 0. The number of nitrogen functional groups attached to an aromatic ring is 1. The standard InChI is InChI=1S/C28H36N6O4S/c1-6-19(7-2)38-24-12-8-10-21(30-24)22-15-14-20(26(31-22)34-17-18(3)16-28(34,4)5)27(35)33-39(36,37)25-13-9-11-23(29)32-25/h8-15,18-19H,6-7,16-17H2,1-5H3,(H2,29,32)(H,33,35). The topological polar surface area (TPSA) is 140 Å². The van der Waals surface area contributed by atoms with E-state index in [-0.39, 0.29) is 28.1 Å². The zero-order valence-electron chi connectivity index (χ0n) is 23.0. The van der Waals surface area contributed by atoms with Crippen LogP contribution in [0.15, 0.2) is 53.6 Å². The lowest BCUT2D eigenvalue weighted by molar-refractivity contribution is 0.0981. The molecular weight excluding hydrogens is 516 g/mol. The minimum Gasteiger partial charge on any atom is -0.474 e. The van der Waals surface area contributed by atoms with Crippen molar-refractivity contribution in [3.63, 3.8) is 0 Å². The molecule has 208 valence electrons. The van der Waals surface area contributed by atoms with Gasteiger partial charge in [-0.1, -0.05) is 32.9 Å². The maximum absolute atomic E-state index is 13.4. The van der Waals surface area contributed by atoms with Gasteiger partial charge in [-0.2, -0.15) is 8.42 Å². The van der Waals surface area contributed by atoms with Crippen LogP contribution in [-0.4, -0.2) is 47.5 Å². The van der Waals surface area contributed by atoms with Gasteiger partial charge in [0.1, 0.15) is 11.6 Å². The molecule has 1 amide bonds. The van der Waals surface area contributed by atoms with Crippen molar-refractivity contribution >= 4 is 27.6 Å². The van der Waals surface area contributed by atoms with Crippen molar-refractivity contribution in [1.82, 2.24) is 19.7 Å². The predicted octanol–water partition coefficient (Wildman–Crippen LogP) is 4.43. The van der Waals surface area contributed by atoms with Gasteiger partial charge in [-0.05, 0) is 69.4 Å². The van der Waals surface area contributed by atoms with Crippen molar-refractivity contribution in [2.45, 2.75) is 70.6 Å². The van der Waals surface area contributed by atoms with Crippen LogP contribution in [0.3, 0.4) is 0 Å². The molecule has 0 saturated carbocycles. The van der Waals surface area contributed by atoms with Crippen molar-refractivity contribution in [3.05, 3.63) is 54.1 Å². The van der Waals surface area contributed by atoms with Crippen LogP contribution >= 0.6 is 0 Å². The van der Waals surface area contributed by atoms with Gasteiger partial charge in [0.05, 0.1) is 23.1 Å². The van der Waals surface area contributed by atoms with E-state index in [1.165, 1.54) is 18.2 Å². The third-order valence-corrected chi connectivity index (χ3v) is 8.11. The first-order valence-electron chi connectivity index (χ1n) is 13.2. The molecule has 3 aromatic heterocycles. The van der Waals surface area contributed by atoms with Crippen LogP contribution in [0.1, 0.15) is 64.2 Å². The molecule has 3 aromatic rings. The van der Waals surface area contributed by atoms with Gasteiger partial charge in [0.2, 0.25) is 5.88 Å². The van der Waals surface area contributed by atoms with E-state index in [4.69, 9.17) is 15.5 Å². The van der Waals surface area contributed by atoms with E-state index in [0.29, 0.717) is 35.5 Å². The van der Waals surface area contributed by atoms with Crippen LogP contribution in [0.5, 0.6) is 5.88 Å². The number of amides is 1. The zero-order valence-corrected chi connectivity index (χ0v) is 23.8. The minimum absolute atomic E-state index is 0.0349. The van der Waals surface area contributed by atoms with Gasteiger partial charge >= 0.3 is 0 Å². The largest absolute Gasteiger partial charge is 0.474 e. The Labute approximate surface area is 230 Å². The predicted molar refractivity (Wildman–Crippen MR) is 151 cm³/mol. The summed E-state index contributed by atoms with van der Waals surface area (Å²) in [5.74, 6) is 0.483. The Kier molecular flexibility index (Phi) is 8.10. The van der Waals surface area contributed by atoms with Crippen LogP contribution in [0.25, 0.3) is 11.4 Å². The van der Waals surface area contributed by atoms with Gasteiger partial charge in [0, 0.05) is 18.2 Å². The molecule has 1 atom stereocenters. The molecule has 4 heterocycles. The lowest BCUT2D eigenvalue weighted by atomic mass is 9.97. The molecule has 0 radical (unpaired) electrons. The van der Waals surface area contributed by atoms with E-state index in [9.17, 15) is 13.2 Å². The highest BCUT2D eigenvalue weighted by Gasteiger charge is 2.39. The lowest BCUT2D eigenvalue weighted by Gasteiger charge is -2.34. The van der Waals surface area contributed by atoms with Crippen LogP contribution in [-0.2, 0) is 10.0 Å². The monoisotopic (exact) mass is 552 g/mol. The molecule has 39 heavy (non-hydrogen) atoms. The molecule has 1 saturated heterocycles. The fourth-order valence-corrected chi connectivity index (χ4v) is 5.93. The van der Waals surface area contributed by atoms with Crippen LogP contribution < -0.4 is 20.1 Å². The van der Waals surface area contributed by atoms with Crippen molar-refractivity contribution < 1.29 is 17.9 Å². The number of pyridine rings is 3. The van der Waals surface area contributed by atoms with E-state index in [1.54, 1.807) is 12.1 Å². The normalized spacial score (nSPS) is 16.9. The van der Waals surface area contributed by atoms with Gasteiger partial charge in [-0.3, -0.25) is 4.79 Å². The first-order chi connectivity index (χ1) is 18.4. The number of nitrogens with one attached hydrogen (secondary N) is 1. The third-order valence-electron chi connectivity index (χ3n) is 6.88. The summed E-state index contributed by atoms with van der Waals surface area (Å²) in [5, 5.41) is -0.337. The van der Waals surface area contributed by atoms with Gasteiger partial charge in [-0.25, -0.2) is 19.7 Å². The molecule has 3 N–H and O–H groups in total. The van der Waals surface area contributed by atoms with Gasteiger partial charge in [0.15, 0.2) is 5.03 Å². The molecule has 4 rings (SSSR count). The smallest absolute Gasteiger partial charge is 0.281 e. The Morgan fingerprint density at radius 2 is 1.77 bits per heavy atom. The van der Waals surface area contributed by atoms with Crippen LogP contribution in [0.2, 0.25) is 0 Å². The number of nitrogens with two attached hydrogens (primary N) is 1. The Bertz CT molecular complexity index is 1460. The van der Waals surface area contributed by atoms with E-state index in [0.717, 1.165) is 19.3 Å². The van der Waals surface area contributed by atoms with Crippen LogP contribution in [0, 0.1) is 5.92 Å². The Hall–Kier alpha value is -3.73. The number of hydrogen-bond acceptors (Lipinski definition) is 9. The van der Waals surface area contributed by atoms with Crippen molar-refractivity contribution in [2.24, 2.45) is 5.92 Å². The Morgan fingerprint density at radius 1 is 1.08 bits per heavy atom. The van der Waals surface area contributed by atoms with Gasteiger partial charge < -0.3 is 15.4 Å². The summed E-state index contributed by atoms with van der Waals surface area (Å²) < 4.78 is 34.0. The molecule has 0 bridgehead atoms. The molecule has 0 spiro atoms. The van der Waals surface area contributed by atoms with E-state index in [1.807, 2.05) is 18.2 Å². The molecule has 11 heteroatoms. The molecule has 10 nitrogen and oxygen atoms in total. The second-order valence-corrected chi connectivity index (χ2v) is 12.2. The number of aromatic nitrogens is 3. The van der Waals surface area contributed by atoms with Gasteiger partial charge in [-0.15, -0.1) is 0 Å². The second-order valence-electron chi connectivity index (χ2n) is 10.6. The fraction of sp³-hybridized carbons (Fsp3) is 0.429. The molecule has 1 aliphatic heterocycles. The molecule has 1 unspecified atom stereocenters. The lowest BCUT2D eigenvalue weighted by Crippen LogP contribution is -2.41. The van der Waals surface area contributed by atoms with Crippen molar-refractivity contribution in [2.75, 3.05) is 17.2 Å². The van der Waals surface area contributed by atoms with E-state index < -0.39 is 15.9 Å². The molecule has 1 fully saturated rings. The third kappa shape index (κ3) is 6.30. The Balaban J connectivity index is 1.74. The highest BCUT2D eigenvalue weighted by atomic mass is 32.2. The fourth-order valence-electron chi connectivity index (χ4n) is 4.99. The maximum Gasteiger partial charge on any atom is 0.281 e. The SMILES string of the molecule is CCC(CC)Oc1cccc(-c2ccc(C(=O)NS(=O)(=O)c3cccc(N)n3)c(N3CC(C)CC3(C)C)n2)n1. The van der Waals surface area contributed by atoms with E-state index in [2.05, 4.69) is 54.2 Å². The summed E-state index contributed by atoms with van der Waals surface area (Å²) in [7, 11) is -4.26. The number of anilines is 2. The summed E-state index contributed by atoms with van der Waals surface area (Å²) in [6, 6.07) is 13.0. The first-order valence-corrected chi connectivity index (χ1v) is 14.6. The molecule has 1 aliphatic rings. The maximum atomic E-state index is 13.4. The number of nitrogens with zero attached hydrogens (tertiary/aromatic N) is 4. The molecule has 0 aromatic carbocycles. The average molecular weight is 553 g/mol. The van der Waals surface area contributed by atoms with E-state index >= 15 is 0 Å². The first kappa shape index (κ1) is 28.3. The van der Waals surface area contributed by atoms with Crippen LogP contribution in [0.4, 0.5) is 11.6 Å². The minimum atomic E-state index is -4.26. The van der Waals surface area contributed by atoms with Gasteiger partial charge in [0.25, 0.3) is 15.9 Å². The summed E-state index contributed by atoms with van der Waals surface area (Å²) in [6.45, 7) is 11.1. The Morgan fingerprint density at radius 3 is 2.41 bits per heavy atom. The van der Waals surface area contributed by atoms with Crippen molar-refractivity contribution in [3.8, 4) is 17.3 Å². The average Bonchev–Trinajstić information content (AvgIpc) is 3.18. The molecule has 0 aliphatic carbocycles. The zero-order chi connectivity index (χ0) is 28.4. The quantitative estimate of drug-likeness (QED) is 0.394. The summed E-state index contributed by atoms with van der Waals surface area (Å²) in [4.78, 5) is 28.9. The molecular formula is C28H36N6O4S. The second kappa shape index (κ2) is 11.2.